The quantitative estimate of drug-likeness (QED) is 0.765. The molecule has 104 valence electrons. The molecule has 0 aliphatic rings. The van der Waals surface area contributed by atoms with Gasteiger partial charge in [-0.25, -0.2) is 4.68 Å². The van der Waals surface area contributed by atoms with Crippen LogP contribution in [-0.4, -0.2) is 29.8 Å². The van der Waals surface area contributed by atoms with Gasteiger partial charge in [-0.15, -0.1) is 5.10 Å². The third kappa shape index (κ3) is 2.85. The van der Waals surface area contributed by atoms with E-state index in [4.69, 9.17) is 9.47 Å². The van der Waals surface area contributed by atoms with Crippen LogP contribution in [0.2, 0.25) is 0 Å². The molecule has 1 aromatic carbocycles. The lowest BCUT2D eigenvalue weighted by Crippen LogP contribution is -2.26. The summed E-state index contributed by atoms with van der Waals surface area (Å²) in [4.78, 5) is 23.9. The van der Waals surface area contributed by atoms with Gasteiger partial charge in [-0.05, 0) is 12.1 Å². The van der Waals surface area contributed by atoms with Crippen LogP contribution in [-0.2, 0) is 6.54 Å². The summed E-state index contributed by atoms with van der Waals surface area (Å²) >= 11 is 0. The zero-order valence-corrected chi connectivity index (χ0v) is 11.2. The van der Waals surface area contributed by atoms with Gasteiger partial charge in [-0.2, -0.15) is 0 Å². The lowest BCUT2D eigenvalue weighted by atomic mass is 10.1. The van der Waals surface area contributed by atoms with Crippen molar-refractivity contribution >= 4 is 5.78 Å². The maximum atomic E-state index is 12.2. The molecule has 0 aliphatic carbocycles. The summed E-state index contributed by atoms with van der Waals surface area (Å²) in [5.41, 5.74) is 0.0422. The number of ether oxygens (including phenoxy) is 2. The molecule has 0 spiro atoms. The molecule has 6 nitrogen and oxygen atoms in total. The lowest BCUT2D eigenvalue weighted by Gasteiger charge is -2.08. The topological polar surface area (TPSA) is 70.4 Å². The van der Waals surface area contributed by atoms with Crippen molar-refractivity contribution in [1.29, 1.82) is 0 Å². The highest BCUT2D eigenvalue weighted by atomic mass is 16.5. The average molecular weight is 274 g/mol. The largest absolute Gasteiger partial charge is 0.496 e. The Hall–Kier alpha value is -2.63. The Bertz CT molecular complexity index is 679. The van der Waals surface area contributed by atoms with Crippen molar-refractivity contribution < 1.29 is 14.3 Å². The van der Waals surface area contributed by atoms with Gasteiger partial charge in [0.2, 0.25) is 5.88 Å². The molecule has 0 saturated carbocycles. The number of methoxy groups -OCH3 is 2. The molecule has 0 radical (unpaired) electrons. The summed E-state index contributed by atoms with van der Waals surface area (Å²) in [6, 6.07) is 9.60. The van der Waals surface area contributed by atoms with Crippen molar-refractivity contribution in [2.75, 3.05) is 14.2 Å². The summed E-state index contributed by atoms with van der Waals surface area (Å²) in [6.07, 6.45) is 0. The summed E-state index contributed by atoms with van der Waals surface area (Å²) < 4.78 is 11.1. The maximum Gasteiger partial charge on any atom is 0.267 e. The second-order valence-corrected chi connectivity index (χ2v) is 4.00. The minimum atomic E-state index is -0.367. The van der Waals surface area contributed by atoms with Gasteiger partial charge < -0.3 is 9.47 Å². The zero-order valence-electron chi connectivity index (χ0n) is 11.2. The highest BCUT2D eigenvalue weighted by molar-refractivity contribution is 5.98. The predicted octanol–water partition coefficient (Wildman–Crippen LogP) is 1.14. The van der Waals surface area contributed by atoms with Crippen LogP contribution in [0.25, 0.3) is 0 Å². The van der Waals surface area contributed by atoms with E-state index in [0.29, 0.717) is 11.3 Å². The van der Waals surface area contributed by atoms with Crippen molar-refractivity contribution in [3.8, 4) is 11.6 Å². The van der Waals surface area contributed by atoms with Crippen LogP contribution in [0.15, 0.2) is 41.2 Å². The van der Waals surface area contributed by atoms with E-state index in [1.54, 1.807) is 24.3 Å². The first-order chi connectivity index (χ1) is 9.65. The van der Waals surface area contributed by atoms with E-state index in [2.05, 4.69) is 5.10 Å². The van der Waals surface area contributed by atoms with Crippen LogP contribution in [0.1, 0.15) is 10.4 Å². The minimum absolute atomic E-state index is 0.170. The molecular weight excluding hydrogens is 260 g/mol. The molecule has 20 heavy (non-hydrogen) atoms. The molecule has 2 rings (SSSR count). The minimum Gasteiger partial charge on any atom is -0.496 e. The molecule has 0 bridgehead atoms. The molecule has 6 heteroatoms. The molecule has 0 fully saturated rings. The van der Waals surface area contributed by atoms with Crippen molar-refractivity contribution in [2.45, 2.75) is 6.54 Å². The SMILES string of the molecule is COc1ccc(=O)n(CC(=O)c2ccccc2OC)n1. The van der Waals surface area contributed by atoms with Gasteiger partial charge in [-0.1, -0.05) is 12.1 Å². The van der Waals surface area contributed by atoms with Crippen molar-refractivity contribution in [3.05, 3.63) is 52.3 Å². The molecule has 0 N–H and O–H groups in total. The first kappa shape index (κ1) is 13.8. The summed E-state index contributed by atoms with van der Waals surface area (Å²) in [7, 11) is 2.93. The molecule has 0 saturated heterocycles. The molecule has 1 aromatic heterocycles. The molecule has 2 aromatic rings. The maximum absolute atomic E-state index is 12.2. The third-order valence-corrected chi connectivity index (χ3v) is 2.75. The van der Waals surface area contributed by atoms with E-state index < -0.39 is 0 Å². The number of hydrogen-bond donors (Lipinski definition) is 0. The number of carbonyl (C=O) groups is 1. The number of nitrogens with zero attached hydrogens (tertiary/aromatic N) is 2. The first-order valence-corrected chi connectivity index (χ1v) is 5.94. The van der Waals surface area contributed by atoms with E-state index >= 15 is 0 Å². The van der Waals surface area contributed by atoms with Crippen LogP contribution in [0.3, 0.4) is 0 Å². The number of rotatable bonds is 5. The van der Waals surface area contributed by atoms with Crippen molar-refractivity contribution in [3.63, 3.8) is 0 Å². The van der Waals surface area contributed by atoms with E-state index in [9.17, 15) is 9.59 Å². The van der Waals surface area contributed by atoms with Crippen LogP contribution in [0.5, 0.6) is 11.6 Å². The van der Waals surface area contributed by atoms with Gasteiger partial charge in [0.15, 0.2) is 5.78 Å². The molecule has 0 aliphatic heterocycles. The van der Waals surface area contributed by atoms with E-state index in [1.807, 2.05) is 0 Å². The van der Waals surface area contributed by atoms with Gasteiger partial charge in [0, 0.05) is 12.1 Å². The van der Waals surface area contributed by atoms with Crippen LogP contribution in [0.4, 0.5) is 0 Å². The number of hydrogen-bond acceptors (Lipinski definition) is 5. The molecule has 0 atom stereocenters. The fourth-order valence-corrected chi connectivity index (χ4v) is 1.75. The van der Waals surface area contributed by atoms with Gasteiger partial charge in [0.25, 0.3) is 5.56 Å². The number of Topliss-reactive ketones (excluding diaryl/α,β-unsaturated/α-hetero) is 1. The van der Waals surface area contributed by atoms with Gasteiger partial charge in [0.05, 0.1) is 19.8 Å². The molecule has 0 amide bonds. The zero-order chi connectivity index (χ0) is 14.5. The van der Waals surface area contributed by atoms with E-state index in [-0.39, 0.29) is 23.8 Å². The molecule has 1 heterocycles. The Labute approximate surface area is 115 Å². The number of ketones is 1. The van der Waals surface area contributed by atoms with Gasteiger partial charge >= 0.3 is 0 Å². The standard InChI is InChI=1S/C14H14N2O4/c1-19-12-6-4-3-5-10(12)11(17)9-16-14(18)8-7-13(15-16)20-2/h3-8H,9H2,1-2H3. The van der Waals surface area contributed by atoms with E-state index in [0.717, 1.165) is 4.68 Å². The van der Waals surface area contributed by atoms with E-state index in [1.165, 1.54) is 26.4 Å². The Balaban J connectivity index is 2.30. The summed E-state index contributed by atoms with van der Waals surface area (Å²) in [5, 5.41) is 3.93. The van der Waals surface area contributed by atoms with Crippen molar-refractivity contribution in [2.24, 2.45) is 0 Å². The van der Waals surface area contributed by atoms with Crippen molar-refractivity contribution in [1.82, 2.24) is 9.78 Å². The predicted molar refractivity (Wildman–Crippen MR) is 72.4 cm³/mol. The van der Waals surface area contributed by atoms with Crippen LogP contribution in [0, 0.1) is 0 Å². The fourth-order valence-electron chi connectivity index (χ4n) is 1.75. The first-order valence-electron chi connectivity index (χ1n) is 5.94. The highest BCUT2D eigenvalue weighted by Crippen LogP contribution is 2.18. The van der Waals surface area contributed by atoms with Crippen LogP contribution >= 0.6 is 0 Å². The summed E-state index contributed by atoms with van der Waals surface area (Å²) in [6.45, 7) is -0.170. The summed E-state index contributed by atoms with van der Waals surface area (Å²) in [5.74, 6) is 0.483. The van der Waals surface area contributed by atoms with Gasteiger partial charge in [-0.3, -0.25) is 9.59 Å². The highest BCUT2D eigenvalue weighted by Gasteiger charge is 2.13. The smallest absolute Gasteiger partial charge is 0.267 e. The van der Waals surface area contributed by atoms with Crippen LogP contribution < -0.4 is 15.0 Å². The Kier molecular flexibility index (Phi) is 4.14. The Morgan fingerprint density at radius 2 is 1.90 bits per heavy atom. The monoisotopic (exact) mass is 274 g/mol. The molecule has 0 unspecified atom stereocenters. The number of carbonyl (C=O) groups excluding carboxylic acids is 1. The van der Waals surface area contributed by atoms with Gasteiger partial charge in [0.1, 0.15) is 12.3 Å². The third-order valence-electron chi connectivity index (χ3n) is 2.75. The fraction of sp³-hybridized carbons (Fsp3) is 0.214. The Morgan fingerprint density at radius 1 is 1.15 bits per heavy atom. The normalized spacial score (nSPS) is 10.1. The number of para-hydroxylation sites is 1. The second-order valence-electron chi connectivity index (χ2n) is 4.00. The molecular formula is C14H14N2O4. The Morgan fingerprint density at radius 3 is 2.60 bits per heavy atom. The number of benzene rings is 1. The lowest BCUT2D eigenvalue weighted by molar-refractivity contribution is 0.0962. The second kappa shape index (κ2) is 6.01. The number of aromatic nitrogens is 2. The average Bonchev–Trinajstić information content (AvgIpc) is 2.49.